The van der Waals surface area contributed by atoms with E-state index in [2.05, 4.69) is 6.58 Å². The molecule has 410 valence electrons. The van der Waals surface area contributed by atoms with Gasteiger partial charge in [0.15, 0.2) is 18.9 Å². The Morgan fingerprint density at radius 2 is 0.957 bits per heavy atom. The van der Waals surface area contributed by atoms with Crippen LogP contribution in [0.3, 0.4) is 0 Å². The van der Waals surface area contributed by atoms with Crippen molar-refractivity contribution in [3.8, 4) is 0 Å². The van der Waals surface area contributed by atoms with E-state index in [4.69, 9.17) is 75.8 Å². The van der Waals surface area contributed by atoms with Crippen LogP contribution in [0.15, 0.2) is 12.7 Å². The minimum absolute atomic E-state index is 0.0639. The SMILES string of the molecule is C=CCOCCOCCOCCOCCOCCOCCOCC(COC1COC(C)(C(=O)O)OC1)O[C@@H]1O[C@@H](CO)[C@@H](O[C@@H]2OC(CO)[C@H](O[C@H]3OC(CO)[C@H](O)[C@H](O)C3O)[C@H](O)C2O)C(O)C1O. The maximum absolute atomic E-state index is 11.5. The molecule has 0 aliphatic carbocycles. The molecule has 16 atom stereocenters. The first-order valence-electron chi connectivity index (χ1n) is 23.0. The van der Waals surface area contributed by atoms with Gasteiger partial charge in [0, 0.05) is 6.92 Å². The molecular formula is C42H74O28. The third kappa shape index (κ3) is 18.8. The van der Waals surface area contributed by atoms with Crippen molar-refractivity contribution >= 4 is 5.97 Å². The lowest BCUT2D eigenvalue weighted by Crippen LogP contribution is -2.66. The van der Waals surface area contributed by atoms with Crippen LogP contribution in [0, 0.1) is 0 Å². The summed E-state index contributed by atoms with van der Waals surface area (Å²) in [5.41, 5.74) is 0. The molecule has 0 bridgehead atoms. The molecule has 4 heterocycles. The molecule has 11 N–H and O–H groups in total. The summed E-state index contributed by atoms with van der Waals surface area (Å²) >= 11 is 0. The minimum Gasteiger partial charge on any atom is -0.477 e. The second kappa shape index (κ2) is 32.5. The van der Waals surface area contributed by atoms with E-state index in [0.29, 0.717) is 59.5 Å². The summed E-state index contributed by atoms with van der Waals surface area (Å²) < 4.78 is 88.9. The van der Waals surface area contributed by atoms with Gasteiger partial charge in [-0.15, -0.1) is 6.58 Å². The number of aliphatic hydroxyl groups excluding tert-OH is 10. The molecule has 0 amide bonds. The van der Waals surface area contributed by atoms with E-state index in [1.807, 2.05) is 0 Å². The van der Waals surface area contributed by atoms with Gasteiger partial charge in [-0.3, -0.25) is 0 Å². The molecule has 0 aromatic heterocycles. The Hall–Kier alpha value is -1.83. The molecule has 28 heteroatoms. The number of aliphatic carboxylic acids is 1. The smallest absolute Gasteiger partial charge is 0.364 e. The van der Waals surface area contributed by atoms with Gasteiger partial charge in [-0.1, -0.05) is 6.08 Å². The van der Waals surface area contributed by atoms with E-state index in [1.54, 1.807) is 6.08 Å². The summed E-state index contributed by atoms with van der Waals surface area (Å²) in [4.78, 5) is 11.5. The molecule has 7 unspecified atom stereocenters. The van der Waals surface area contributed by atoms with Crippen molar-refractivity contribution in [1.82, 2.24) is 0 Å². The zero-order valence-electron chi connectivity index (χ0n) is 39.1. The van der Waals surface area contributed by atoms with Crippen LogP contribution in [-0.4, -0.2) is 304 Å². The Morgan fingerprint density at radius 1 is 0.557 bits per heavy atom. The summed E-state index contributed by atoms with van der Waals surface area (Å²) in [5.74, 6) is -3.21. The molecule has 0 spiro atoms. The average Bonchev–Trinajstić information content (AvgIpc) is 3.35. The van der Waals surface area contributed by atoms with Crippen molar-refractivity contribution in [2.75, 3.05) is 132 Å². The van der Waals surface area contributed by atoms with Crippen LogP contribution in [-0.2, 0) is 80.6 Å². The molecule has 28 nitrogen and oxygen atoms in total. The number of carbonyl (C=O) groups is 1. The lowest BCUT2D eigenvalue weighted by molar-refractivity contribution is -0.381. The highest BCUT2D eigenvalue weighted by Crippen LogP contribution is 2.33. The maximum Gasteiger partial charge on any atom is 0.364 e. The fraction of sp³-hybridized carbons (Fsp3) is 0.929. The monoisotopic (exact) mass is 1030 g/mol. The van der Waals surface area contributed by atoms with Crippen molar-refractivity contribution in [1.29, 1.82) is 0 Å². The van der Waals surface area contributed by atoms with E-state index in [9.17, 15) is 61.0 Å². The molecule has 0 aromatic carbocycles. The zero-order valence-corrected chi connectivity index (χ0v) is 39.1. The Kier molecular flexibility index (Phi) is 28.2. The normalized spacial score (nSPS) is 36.5. The number of hydrogen-bond donors (Lipinski definition) is 11. The molecule has 0 radical (unpaired) electrons. The van der Waals surface area contributed by atoms with Crippen LogP contribution in [0.2, 0.25) is 0 Å². The van der Waals surface area contributed by atoms with E-state index >= 15 is 0 Å². The summed E-state index contributed by atoms with van der Waals surface area (Å²) in [7, 11) is 0. The standard InChI is InChI=1S/C42H74O28/c1-3-4-55-5-6-56-7-8-57-9-10-58-11-12-59-13-14-60-15-16-61-20-25(21-62-24-22-63-42(2,41(53)54)64-23-24)65-38-34(51)31(48)36(27(18-44)67-38)70-40-35(52)32(49)37(28(19-45)68-40)69-39-33(50)30(47)29(46)26(17-43)66-39/h3,24-40,43-52H,1,4-23H2,2H3,(H,53,54)/t24?,25?,26?,27-,28?,29-,30-,31?,32+,33?,34?,35?,36+,37-,38+,39+,40-,42?/m0/s1. The number of aliphatic hydroxyl groups is 10. The fourth-order valence-corrected chi connectivity index (χ4v) is 7.13. The van der Waals surface area contributed by atoms with Crippen LogP contribution in [0.1, 0.15) is 6.92 Å². The predicted molar refractivity (Wildman–Crippen MR) is 228 cm³/mol. The van der Waals surface area contributed by atoms with Gasteiger partial charge in [0.2, 0.25) is 0 Å². The van der Waals surface area contributed by atoms with Crippen molar-refractivity contribution in [3.63, 3.8) is 0 Å². The first-order valence-corrected chi connectivity index (χ1v) is 23.0. The summed E-state index contributed by atoms with van der Waals surface area (Å²) in [6.45, 7) is 6.08. The highest BCUT2D eigenvalue weighted by Gasteiger charge is 2.54. The molecule has 4 aliphatic rings. The highest BCUT2D eigenvalue weighted by atomic mass is 16.8. The van der Waals surface area contributed by atoms with Crippen LogP contribution >= 0.6 is 0 Å². The number of rotatable bonds is 35. The highest BCUT2D eigenvalue weighted by molar-refractivity contribution is 5.75. The zero-order chi connectivity index (χ0) is 51.1. The molecule has 0 aromatic rings. The van der Waals surface area contributed by atoms with Crippen LogP contribution in [0.4, 0.5) is 0 Å². The van der Waals surface area contributed by atoms with E-state index in [-0.39, 0.29) is 52.9 Å². The maximum atomic E-state index is 11.5. The molecular weight excluding hydrogens is 952 g/mol. The molecule has 4 saturated heterocycles. The number of carboxylic acid groups (broad SMARTS) is 1. The largest absolute Gasteiger partial charge is 0.477 e. The van der Waals surface area contributed by atoms with Gasteiger partial charge in [0.1, 0.15) is 85.5 Å². The minimum atomic E-state index is -2.02. The van der Waals surface area contributed by atoms with Gasteiger partial charge in [-0.2, -0.15) is 0 Å². The van der Waals surface area contributed by atoms with Gasteiger partial charge in [-0.05, 0) is 0 Å². The lowest BCUT2D eigenvalue weighted by atomic mass is 9.96. The summed E-state index contributed by atoms with van der Waals surface area (Å²) in [5, 5.41) is 115. The average molecular weight is 1030 g/mol. The number of carboxylic acids is 1. The Morgan fingerprint density at radius 3 is 1.40 bits per heavy atom. The third-order valence-electron chi connectivity index (χ3n) is 11.2. The second-order valence-corrected chi connectivity index (χ2v) is 16.4. The quantitative estimate of drug-likeness (QED) is 0.0208. The van der Waals surface area contributed by atoms with Crippen molar-refractivity contribution < 1.29 is 137 Å². The van der Waals surface area contributed by atoms with E-state index in [0.717, 1.165) is 0 Å². The Balaban J connectivity index is 1.22. The summed E-state index contributed by atoms with van der Waals surface area (Å²) in [6.07, 6.45) is -26.4. The van der Waals surface area contributed by atoms with Gasteiger partial charge >= 0.3 is 5.97 Å². The number of hydrogen-bond acceptors (Lipinski definition) is 27. The van der Waals surface area contributed by atoms with Gasteiger partial charge < -0.3 is 132 Å². The topological polar surface area (TPSA) is 387 Å². The number of ether oxygens (including phenoxy) is 16. The van der Waals surface area contributed by atoms with Gasteiger partial charge in [0.05, 0.1) is 132 Å². The molecule has 4 fully saturated rings. The molecule has 4 rings (SSSR count). The Bertz CT molecular complexity index is 1410. The molecule has 70 heavy (non-hydrogen) atoms. The predicted octanol–water partition coefficient (Wildman–Crippen LogP) is -6.65. The Labute approximate surface area is 404 Å². The van der Waals surface area contributed by atoms with Gasteiger partial charge in [0.25, 0.3) is 5.79 Å². The van der Waals surface area contributed by atoms with Crippen molar-refractivity contribution in [2.45, 2.75) is 117 Å². The van der Waals surface area contributed by atoms with Gasteiger partial charge in [-0.25, -0.2) is 4.79 Å². The van der Waals surface area contributed by atoms with Crippen molar-refractivity contribution in [2.24, 2.45) is 0 Å². The lowest BCUT2D eigenvalue weighted by Gasteiger charge is -2.48. The van der Waals surface area contributed by atoms with Crippen LogP contribution < -0.4 is 0 Å². The van der Waals surface area contributed by atoms with Crippen LogP contribution in [0.5, 0.6) is 0 Å². The molecule has 0 saturated carbocycles. The first-order chi connectivity index (χ1) is 33.7. The third-order valence-corrected chi connectivity index (χ3v) is 11.2. The van der Waals surface area contributed by atoms with Crippen molar-refractivity contribution in [3.05, 3.63) is 12.7 Å². The van der Waals surface area contributed by atoms with Crippen LogP contribution in [0.25, 0.3) is 0 Å². The summed E-state index contributed by atoms with van der Waals surface area (Å²) in [6, 6.07) is 0. The first kappa shape index (κ1) is 60.7. The second-order valence-electron chi connectivity index (χ2n) is 16.4. The van der Waals surface area contributed by atoms with E-state index in [1.165, 1.54) is 6.92 Å². The fourth-order valence-electron chi connectivity index (χ4n) is 7.13. The van der Waals surface area contributed by atoms with E-state index < -0.39 is 136 Å². The molecule has 4 aliphatic heterocycles.